The lowest BCUT2D eigenvalue weighted by Gasteiger charge is -2.50. The van der Waals surface area contributed by atoms with Crippen LogP contribution in [0.15, 0.2) is 0 Å². The van der Waals surface area contributed by atoms with Crippen LogP contribution in [-0.4, -0.2) is 103 Å². The molecular weight excluding hydrogens is 544 g/mol. The van der Waals surface area contributed by atoms with Crippen LogP contribution in [0.1, 0.15) is 41.0 Å². The second-order valence-electron chi connectivity index (χ2n) is 9.42. The summed E-state index contributed by atoms with van der Waals surface area (Å²) < 4.78 is 43.2. The molecule has 0 radical (unpaired) electrons. The molecule has 0 unspecified atom stereocenters. The quantitative estimate of drug-likeness (QED) is 0.259. The topological polar surface area (TPSA) is 214 Å². The number of aliphatic carboxylic acids is 1. The fourth-order valence-electron chi connectivity index (χ4n) is 5.06. The van der Waals surface area contributed by atoms with Crippen molar-refractivity contribution in [1.29, 1.82) is 0 Å². The van der Waals surface area contributed by atoms with Crippen LogP contribution in [0.5, 0.6) is 0 Å². The zero-order valence-electron chi connectivity index (χ0n) is 22.3. The first-order chi connectivity index (χ1) is 18.7. The number of carboxylic acid groups (broad SMARTS) is 1. The van der Waals surface area contributed by atoms with Crippen LogP contribution in [0.25, 0.3) is 0 Å². The van der Waals surface area contributed by atoms with Gasteiger partial charge in [-0.1, -0.05) is 0 Å². The van der Waals surface area contributed by atoms with Gasteiger partial charge >= 0.3 is 41.8 Å². The van der Waals surface area contributed by atoms with Crippen molar-refractivity contribution in [1.82, 2.24) is 0 Å². The summed E-state index contributed by atoms with van der Waals surface area (Å²) >= 11 is 0. The second-order valence-corrected chi connectivity index (χ2v) is 9.42. The molecule has 1 N–H and O–H groups in total. The van der Waals surface area contributed by atoms with Crippen LogP contribution in [-0.2, 0) is 71.5 Å². The molecule has 4 rings (SSSR count). The SMILES string of the molecule is CC(=O)OC[C@H]1O[C@@H](O[C@H]2C[C@H]3OC(=O)[C@@H]2[C@H](C(=O)O)[C@H]3OC(C)=O)[C@H](OC(C)=O)[C@@H](OC(C)=O)[C@@H]1OC(C)=O. The van der Waals surface area contributed by atoms with Gasteiger partial charge < -0.3 is 43.0 Å². The zero-order valence-corrected chi connectivity index (χ0v) is 22.3. The molecule has 0 aromatic heterocycles. The van der Waals surface area contributed by atoms with Gasteiger partial charge in [0.25, 0.3) is 0 Å². The van der Waals surface area contributed by atoms with Gasteiger partial charge in [0, 0.05) is 41.0 Å². The van der Waals surface area contributed by atoms with Crippen molar-refractivity contribution in [2.45, 2.75) is 90.1 Å². The fourth-order valence-corrected chi connectivity index (χ4v) is 5.06. The van der Waals surface area contributed by atoms with Crippen LogP contribution in [0.2, 0.25) is 0 Å². The summed E-state index contributed by atoms with van der Waals surface area (Å²) in [4.78, 5) is 83.8. The molecule has 0 amide bonds. The van der Waals surface area contributed by atoms with Crippen molar-refractivity contribution in [2.75, 3.05) is 6.61 Å². The lowest BCUT2D eigenvalue weighted by atomic mass is 9.71. The molecule has 0 spiro atoms. The van der Waals surface area contributed by atoms with Gasteiger partial charge in [0.05, 0.1) is 6.10 Å². The molecule has 0 aromatic carbocycles. The summed E-state index contributed by atoms with van der Waals surface area (Å²) in [5.41, 5.74) is 0. The van der Waals surface area contributed by atoms with E-state index in [0.717, 1.165) is 34.6 Å². The maximum absolute atomic E-state index is 12.7. The van der Waals surface area contributed by atoms with Crippen molar-refractivity contribution >= 4 is 41.8 Å². The number of carboxylic acids is 1. The predicted molar refractivity (Wildman–Crippen MR) is 121 cm³/mol. The lowest BCUT2D eigenvalue weighted by molar-refractivity contribution is -0.330. The Morgan fingerprint density at radius 1 is 0.775 bits per heavy atom. The van der Waals surface area contributed by atoms with E-state index in [1.54, 1.807) is 0 Å². The van der Waals surface area contributed by atoms with Gasteiger partial charge in [-0.2, -0.15) is 0 Å². The summed E-state index contributed by atoms with van der Waals surface area (Å²) in [5.74, 6) is -9.45. The van der Waals surface area contributed by atoms with Crippen LogP contribution < -0.4 is 0 Å². The van der Waals surface area contributed by atoms with Gasteiger partial charge in [-0.3, -0.25) is 33.6 Å². The molecule has 1 aliphatic carbocycles. The standard InChI is InChI=1S/C24H30O16/c1-8(25)33-7-15-19(35-10(3)27)20(36-11(4)28)21(37-12(5)29)24(40-15)39-13-6-14-18(34-9(2)26)17(22(30)31)16(13)23(32)38-14/h13-21,24H,6-7H2,1-5H3,(H,30,31)/t13-,14+,15+,16-,17-,18-,19+,20-,21+,24+/m0/s1. The van der Waals surface area contributed by atoms with Crippen molar-refractivity contribution in [2.24, 2.45) is 11.8 Å². The first-order valence-electron chi connectivity index (χ1n) is 12.3. The van der Waals surface area contributed by atoms with Crippen molar-refractivity contribution in [3.63, 3.8) is 0 Å². The third kappa shape index (κ3) is 7.04. The molecule has 10 atom stereocenters. The minimum atomic E-state index is -1.64. The molecule has 3 aliphatic heterocycles. The molecule has 4 fully saturated rings. The maximum Gasteiger partial charge on any atom is 0.313 e. The zero-order chi connectivity index (χ0) is 29.9. The number of fused-ring (bicyclic) bond motifs is 3. The van der Waals surface area contributed by atoms with E-state index < -0.39 is 109 Å². The van der Waals surface area contributed by atoms with Gasteiger partial charge in [-0.15, -0.1) is 0 Å². The van der Waals surface area contributed by atoms with E-state index >= 15 is 0 Å². The summed E-state index contributed by atoms with van der Waals surface area (Å²) in [5, 5.41) is 9.87. The molecule has 0 aromatic rings. The Morgan fingerprint density at radius 3 is 1.82 bits per heavy atom. The molecular formula is C24H30O16. The van der Waals surface area contributed by atoms with Gasteiger partial charge in [-0.05, 0) is 0 Å². The van der Waals surface area contributed by atoms with Gasteiger partial charge in [0.1, 0.15) is 30.7 Å². The average molecular weight is 574 g/mol. The molecule has 222 valence electrons. The molecule has 4 aliphatic rings. The van der Waals surface area contributed by atoms with Crippen molar-refractivity contribution in [3.8, 4) is 0 Å². The van der Waals surface area contributed by atoms with Gasteiger partial charge in [0.15, 0.2) is 30.7 Å². The van der Waals surface area contributed by atoms with E-state index in [1.807, 2.05) is 0 Å². The Labute approximate surface area is 227 Å². The summed E-state index contributed by atoms with van der Waals surface area (Å²) in [6.07, 6.45) is -11.3. The minimum absolute atomic E-state index is 0.134. The van der Waals surface area contributed by atoms with Crippen molar-refractivity contribution < 1.29 is 76.6 Å². The predicted octanol–water partition coefficient (Wildman–Crippen LogP) is -0.967. The van der Waals surface area contributed by atoms with E-state index in [4.69, 9.17) is 37.9 Å². The Hall–Kier alpha value is -3.79. The summed E-state index contributed by atoms with van der Waals surface area (Å²) in [6, 6.07) is 0. The molecule has 16 heteroatoms. The molecule has 3 saturated heterocycles. The Balaban J connectivity index is 1.99. The number of carbonyl (C=O) groups is 7. The summed E-state index contributed by atoms with van der Waals surface area (Å²) in [6.45, 7) is 4.83. The molecule has 1 saturated carbocycles. The van der Waals surface area contributed by atoms with Crippen LogP contribution >= 0.6 is 0 Å². The summed E-state index contributed by atoms with van der Waals surface area (Å²) in [7, 11) is 0. The number of ether oxygens (including phenoxy) is 8. The maximum atomic E-state index is 12.7. The van der Waals surface area contributed by atoms with Crippen LogP contribution in [0.4, 0.5) is 0 Å². The monoisotopic (exact) mass is 574 g/mol. The van der Waals surface area contributed by atoms with E-state index in [1.165, 1.54) is 0 Å². The number of esters is 6. The average Bonchev–Trinajstić information content (AvgIpc) is 2.81. The molecule has 40 heavy (non-hydrogen) atoms. The van der Waals surface area contributed by atoms with E-state index in [0.29, 0.717) is 0 Å². The van der Waals surface area contributed by atoms with E-state index in [-0.39, 0.29) is 6.42 Å². The first-order valence-corrected chi connectivity index (χ1v) is 12.3. The second kappa shape index (κ2) is 12.6. The van der Waals surface area contributed by atoms with E-state index in [9.17, 15) is 38.7 Å². The van der Waals surface area contributed by atoms with Crippen molar-refractivity contribution in [3.05, 3.63) is 0 Å². The van der Waals surface area contributed by atoms with Gasteiger partial charge in [-0.25, -0.2) is 0 Å². The number of hydrogen-bond donors (Lipinski definition) is 1. The van der Waals surface area contributed by atoms with Crippen LogP contribution in [0, 0.1) is 11.8 Å². The third-order valence-electron chi connectivity index (χ3n) is 6.36. The fraction of sp³-hybridized carbons (Fsp3) is 0.708. The third-order valence-corrected chi connectivity index (χ3v) is 6.36. The first kappa shape index (κ1) is 30.7. The number of carbonyl (C=O) groups excluding carboxylic acids is 6. The Morgan fingerprint density at radius 2 is 1.30 bits per heavy atom. The van der Waals surface area contributed by atoms with Crippen LogP contribution in [0.3, 0.4) is 0 Å². The smallest absolute Gasteiger partial charge is 0.313 e. The Bertz CT molecular complexity index is 1050. The normalized spacial score (nSPS) is 34.6. The molecule has 16 nitrogen and oxygen atoms in total. The highest BCUT2D eigenvalue weighted by atomic mass is 16.7. The Kier molecular flexibility index (Phi) is 9.68. The van der Waals surface area contributed by atoms with Gasteiger partial charge in [0.2, 0.25) is 0 Å². The molecule has 2 bridgehead atoms. The number of rotatable bonds is 9. The highest BCUT2D eigenvalue weighted by Gasteiger charge is 2.62. The lowest BCUT2D eigenvalue weighted by Crippen LogP contribution is -2.66. The largest absolute Gasteiger partial charge is 0.481 e. The minimum Gasteiger partial charge on any atom is -0.481 e. The number of hydrogen-bond acceptors (Lipinski definition) is 15. The van der Waals surface area contributed by atoms with E-state index in [2.05, 4.69) is 0 Å². The highest BCUT2D eigenvalue weighted by Crippen LogP contribution is 2.44. The molecule has 3 heterocycles. The highest BCUT2D eigenvalue weighted by molar-refractivity contribution is 5.85.